The molecule has 9 heteroatoms. The first-order valence-corrected chi connectivity index (χ1v) is 7.69. The lowest BCUT2D eigenvalue weighted by Gasteiger charge is -2.21. The zero-order valence-electron chi connectivity index (χ0n) is 11.7. The lowest BCUT2D eigenvalue weighted by atomic mass is 9.98. The summed E-state index contributed by atoms with van der Waals surface area (Å²) in [5, 5.41) is 16.8. The minimum atomic E-state index is -0.521. The Morgan fingerprint density at radius 3 is 2.71 bits per heavy atom. The molecule has 3 rings (SSSR count). The number of anilines is 1. The molecule has 112 valence electrons. The van der Waals surface area contributed by atoms with Crippen molar-refractivity contribution in [2.45, 2.75) is 45.1 Å². The Kier molecular flexibility index (Phi) is 3.82. The molecule has 21 heavy (non-hydrogen) atoms. The molecule has 2 N–H and O–H groups in total. The van der Waals surface area contributed by atoms with Crippen LogP contribution in [0.5, 0.6) is 0 Å². The van der Waals surface area contributed by atoms with Crippen LogP contribution in [0.1, 0.15) is 47.6 Å². The van der Waals surface area contributed by atoms with Crippen LogP contribution in [-0.2, 0) is 4.74 Å². The number of aromatic nitrogens is 5. The number of rotatable bonds is 3. The molecule has 0 aliphatic heterocycles. The molecule has 0 unspecified atom stereocenters. The quantitative estimate of drug-likeness (QED) is 0.856. The van der Waals surface area contributed by atoms with Gasteiger partial charge in [-0.2, -0.15) is 4.68 Å². The lowest BCUT2D eigenvalue weighted by molar-refractivity contribution is 0.0205. The highest BCUT2D eigenvalue weighted by Gasteiger charge is 2.25. The Morgan fingerprint density at radius 1 is 1.29 bits per heavy atom. The van der Waals surface area contributed by atoms with Gasteiger partial charge in [0, 0.05) is 0 Å². The molecule has 2 aromatic heterocycles. The molecule has 1 aliphatic carbocycles. The van der Waals surface area contributed by atoms with E-state index in [4.69, 9.17) is 10.5 Å². The molecule has 0 amide bonds. The van der Waals surface area contributed by atoms with Crippen LogP contribution in [0.4, 0.5) is 5.82 Å². The number of hydrogen-bond donors (Lipinski definition) is 1. The molecule has 0 spiro atoms. The van der Waals surface area contributed by atoms with Gasteiger partial charge in [-0.1, -0.05) is 23.0 Å². The summed E-state index contributed by atoms with van der Waals surface area (Å²) in [7, 11) is 0. The van der Waals surface area contributed by atoms with E-state index in [2.05, 4.69) is 20.5 Å². The number of aryl methyl sites for hydroxylation is 1. The predicted molar refractivity (Wildman–Crippen MR) is 76.3 cm³/mol. The lowest BCUT2D eigenvalue weighted by Crippen LogP contribution is -2.21. The van der Waals surface area contributed by atoms with Crippen molar-refractivity contribution in [2.24, 2.45) is 0 Å². The summed E-state index contributed by atoms with van der Waals surface area (Å²) in [5.74, 6) is -0.390. The average Bonchev–Trinajstić information content (AvgIpc) is 3.06. The average molecular weight is 308 g/mol. The van der Waals surface area contributed by atoms with Gasteiger partial charge in [0.05, 0.1) is 0 Å². The summed E-state index contributed by atoms with van der Waals surface area (Å²) in [6, 6.07) is 0. The van der Waals surface area contributed by atoms with Gasteiger partial charge < -0.3 is 10.5 Å². The number of ether oxygens (including phenoxy) is 1. The first kappa shape index (κ1) is 13.9. The molecule has 1 fully saturated rings. The maximum absolute atomic E-state index is 12.1. The fourth-order valence-corrected chi connectivity index (χ4v) is 2.99. The summed E-state index contributed by atoms with van der Waals surface area (Å²) >= 11 is 1.32. The Morgan fingerprint density at radius 2 is 2.05 bits per heavy atom. The van der Waals surface area contributed by atoms with E-state index >= 15 is 0 Å². The summed E-state index contributed by atoms with van der Waals surface area (Å²) in [6.45, 7) is 1.83. The smallest absolute Gasteiger partial charge is 0.363 e. The van der Waals surface area contributed by atoms with Crippen LogP contribution in [0.15, 0.2) is 0 Å². The van der Waals surface area contributed by atoms with Gasteiger partial charge in [-0.05, 0) is 32.6 Å². The number of carbonyl (C=O) groups is 1. The third-order valence-corrected chi connectivity index (χ3v) is 4.23. The predicted octanol–water partition coefficient (Wildman–Crippen LogP) is 1.50. The standard InChI is InChI=1S/C12H16N6O2S/c1-7-14-16-12(21-7)18-10(13)9(15-17-18)11(19)20-8-5-3-2-4-6-8/h8H,2-6,13H2,1H3. The fraction of sp³-hybridized carbons (Fsp3) is 0.583. The number of nitrogen functional groups attached to an aromatic ring is 1. The van der Waals surface area contributed by atoms with Gasteiger partial charge in [0.1, 0.15) is 11.1 Å². The first-order valence-electron chi connectivity index (χ1n) is 6.88. The third-order valence-electron chi connectivity index (χ3n) is 3.42. The van der Waals surface area contributed by atoms with Crippen molar-refractivity contribution in [3.63, 3.8) is 0 Å². The number of nitrogens with zero attached hydrogens (tertiary/aromatic N) is 5. The number of carbonyl (C=O) groups excluding carboxylic acids is 1. The minimum Gasteiger partial charge on any atom is -0.458 e. The Bertz CT molecular complexity index is 646. The van der Waals surface area contributed by atoms with Crippen molar-refractivity contribution in [3.8, 4) is 5.13 Å². The van der Waals surface area contributed by atoms with Gasteiger partial charge >= 0.3 is 5.97 Å². The van der Waals surface area contributed by atoms with Crippen molar-refractivity contribution in [1.82, 2.24) is 25.2 Å². The van der Waals surface area contributed by atoms with E-state index in [0.29, 0.717) is 5.13 Å². The van der Waals surface area contributed by atoms with Gasteiger partial charge in [-0.3, -0.25) is 0 Å². The molecular weight excluding hydrogens is 292 g/mol. The summed E-state index contributed by atoms with van der Waals surface area (Å²) in [4.78, 5) is 12.1. The van der Waals surface area contributed by atoms with Crippen LogP contribution in [0.25, 0.3) is 5.13 Å². The second-order valence-corrected chi connectivity index (χ2v) is 6.16. The maximum atomic E-state index is 12.1. The second kappa shape index (κ2) is 5.76. The van der Waals surface area contributed by atoms with Crippen molar-refractivity contribution >= 4 is 23.1 Å². The van der Waals surface area contributed by atoms with E-state index < -0.39 is 5.97 Å². The number of hydrogen-bond acceptors (Lipinski definition) is 8. The van der Waals surface area contributed by atoms with Crippen molar-refractivity contribution in [1.29, 1.82) is 0 Å². The zero-order chi connectivity index (χ0) is 14.8. The normalized spacial score (nSPS) is 16.0. The van der Waals surface area contributed by atoms with Crippen LogP contribution in [0.3, 0.4) is 0 Å². The minimum absolute atomic E-state index is 0.0356. The Hall–Kier alpha value is -2.03. The van der Waals surface area contributed by atoms with Crippen LogP contribution >= 0.6 is 11.3 Å². The number of esters is 1. The molecule has 0 atom stereocenters. The first-order chi connectivity index (χ1) is 10.1. The molecule has 1 aliphatic rings. The van der Waals surface area contributed by atoms with Gasteiger partial charge in [-0.15, -0.1) is 15.3 Å². The topological polar surface area (TPSA) is 109 Å². The maximum Gasteiger partial charge on any atom is 0.363 e. The summed E-state index contributed by atoms with van der Waals surface area (Å²) < 4.78 is 6.75. The van der Waals surface area contributed by atoms with Crippen LogP contribution < -0.4 is 5.73 Å². The molecule has 0 radical (unpaired) electrons. The fourth-order valence-electron chi connectivity index (χ4n) is 2.34. The van der Waals surface area contributed by atoms with E-state index in [9.17, 15) is 4.79 Å². The molecule has 0 saturated heterocycles. The van der Waals surface area contributed by atoms with Crippen LogP contribution in [0.2, 0.25) is 0 Å². The van der Waals surface area contributed by atoms with Crippen molar-refractivity contribution in [2.75, 3.05) is 5.73 Å². The molecule has 2 aromatic rings. The van der Waals surface area contributed by atoms with Gasteiger partial charge in [0.2, 0.25) is 10.8 Å². The van der Waals surface area contributed by atoms with Crippen LogP contribution in [-0.4, -0.2) is 37.3 Å². The molecule has 1 saturated carbocycles. The van der Waals surface area contributed by atoms with E-state index in [1.54, 1.807) is 0 Å². The third kappa shape index (κ3) is 2.87. The number of nitrogens with two attached hydrogens (primary N) is 1. The van der Waals surface area contributed by atoms with E-state index in [1.165, 1.54) is 22.4 Å². The summed E-state index contributed by atoms with van der Waals surface area (Å²) in [6.07, 6.45) is 5.13. The monoisotopic (exact) mass is 308 g/mol. The van der Waals surface area contributed by atoms with Crippen molar-refractivity contribution in [3.05, 3.63) is 10.7 Å². The highest BCUT2D eigenvalue weighted by Crippen LogP contribution is 2.23. The molecular formula is C12H16N6O2S. The second-order valence-electron chi connectivity index (χ2n) is 5.00. The molecule has 0 bridgehead atoms. The van der Waals surface area contributed by atoms with Crippen LogP contribution in [0, 0.1) is 6.92 Å². The largest absolute Gasteiger partial charge is 0.458 e. The Balaban J connectivity index is 1.76. The van der Waals surface area contributed by atoms with Crippen molar-refractivity contribution < 1.29 is 9.53 Å². The highest BCUT2D eigenvalue weighted by molar-refractivity contribution is 7.13. The zero-order valence-corrected chi connectivity index (χ0v) is 12.5. The van der Waals surface area contributed by atoms with Gasteiger partial charge in [-0.25, -0.2) is 4.79 Å². The summed E-state index contributed by atoms with van der Waals surface area (Å²) in [5.41, 5.74) is 5.96. The van der Waals surface area contributed by atoms with E-state index in [0.717, 1.165) is 30.7 Å². The molecule has 0 aromatic carbocycles. The molecule has 2 heterocycles. The van der Waals surface area contributed by atoms with E-state index in [1.807, 2.05) is 6.92 Å². The van der Waals surface area contributed by atoms with E-state index in [-0.39, 0.29) is 17.6 Å². The van der Waals surface area contributed by atoms with Gasteiger partial charge in [0.15, 0.2) is 5.82 Å². The Labute approximate surface area is 125 Å². The van der Waals surface area contributed by atoms with Gasteiger partial charge in [0.25, 0.3) is 0 Å². The SMILES string of the molecule is Cc1nnc(-n2nnc(C(=O)OC3CCCCC3)c2N)s1. The highest BCUT2D eigenvalue weighted by atomic mass is 32.1. The molecule has 8 nitrogen and oxygen atoms in total.